The number of carbonyl (C=O) groups excluding carboxylic acids is 3. The van der Waals surface area contributed by atoms with Gasteiger partial charge in [0.05, 0.1) is 0 Å². The third kappa shape index (κ3) is 3.15. The molecular formula is C19H18FN3O3. The molecule has 2 aromatic carbocycles. The second-order valence-electron chi connectivity index (χ2n) is 6.00. The first-order valence-electron chi connectivity index (χ1n) is 8.21. The van der Waals surface area contributed by atoms with Crippen molar-refractivity contribution in [2.24, 2.45) is 0 Å². The van der Waals surface area contributed by atoms with E-state index in [2.05, 4.69) is 10.6 Å². The Bertz CT molecular complexity index is 839. The van der Waals surface area contributed by atoms with Gasteiger partial charge in [-0.05, 0) is 36.2 Å². The van der Waals surface area contributed by atoms with E-state index in [4.69, 9.17) is 0 Å². The Morgan fingerprint density at radius 1 is 1.12 bits per heavy atom. The van der Waals surface area contributed by atoms with E-state index in [0.29, 0.717) is 17.7 Å². The highest BCUT2D eigenvalue weighted by molar-refractivity contribution is 6.10. The molecule has 1 atom stereocenters. The Kier molecular flexibility index (Phi) is 4.71. The zero-order valence-corrected chi connectivity index (χ0v) is 14.2. The van der Waals surface area contributed by atoms with Crippen LogP contribution in [-0.4, -0.2) is 29.3 Å². The zero-order valence-electron chi connectivity index (χ0n) is 14.2. The minimum Gasteiger partial charge on any atom is -0.325 e. The number of nitrogens with zero attached hydrogens (tertiary/aromatic N) is 1. The van der Waals surface area contributed by atoms with E-state index in [-0.39, 0.29) is 0 Å². The standard InChI is InChI=1S/C19H18FN3O3/c1-2-19(13-6-4-3-5-7-13)17(25)23(18(26)22-19)12-16(24)21-15-10-8-14(20)9-11-15/h3-11H,2,12H2,1H3,(H,21,24)(H,22,26). The lowest BCUT2D eigenvalue weighted by Gasteiger charge is -2.25. The van der Waals surface area contributed by atoms with E-state index in [1.165, 1.54) is 24.3 Å². The number of benzene rings is 2. The van der Waals surface area contributed by atoms with Gasteiger partial charge in [-0.1, -0.05) is 37.3 Å². The molecule has 1 heterocycles. The molecule has 0 radical (unpaired) electrons. The summed E-state index contributed by atoms with van der Waals surface area (Å²) in [5, 5.41) is 5.26. The Labute approximate surface area is 150 Å². The molecule has 7 heteroatoms. The van der Waals surface area contributed by atoms with Crippen molar-refractivity contribution in [3.05, 3.63) is 66.0 Å². The van der Waals surface area contributed by atoms with Crippen molar-refractivity contribution >= 4 is 23.5 Å². The van der Waals surface area contributed by atoms with Crippen molar-refractivity contribution in [3.8, 4) is 0 Å². The van der Waals surface area contributed by atoms with Crippen LogP contribution in [0.25, 0.3) is 0 Å². The van der Waals surface area contributed by atoms with Crippen molar-refractivity contribution in [2.75, 3.05) is 11.9 Å². The molecule has 134 valence electrons. The van der Waals surface area contributed by atoms with E-state index < -0.39 is 35.7 Å². The maximum Gasteiger partial charge on any atom is 0.325 e. The number of amides is 4. The molecule has 3 rings (SSSR count). The number of rotatable bonds is 5. The maximum absolute atomic E-state index is 12.9. The van der Waals surface area contributed by atoms with Crippen LogP contribution in [0, 0.1) is 5.82 Å². The Morgan fingerprint density at radius 2 is 1.77 bits per heavy atom. The summed E-state index contributed by atoms with van der Waals surface area (Å²) in [5.41, 5.74) is -0.121. The van der Waals surface area contributed by atoms with Gasteiger partial charge in [0.25, 0.3) is 5.91 Å². The largest absolute Gasteiger partial charge is 0.325 e. The Morgan fingerprint density at radius 3 is 2.38 bits per heavy atom. The van der Waals surface area contributed by atoms with Crippen LogP contribution in [-0.2, 0) is 15.1 Å². The topological polar surface area (TPSA) is 78.5 Å². The normalized spacial score (nSPS) is 19.4. The highest BCUT2D eigenvalue weighted by Gasteiger charge is 2.51. The number of urea groups is 1. The van der Waals surface area contributed by atoms with Gasteiger partial charge in [0.1, 0.15) is 17.9 Å². The summed E-state index contributed by atoms with van der Waals surface area (Å²) in [6, 6.07) is 13.5. The SMILES string of the molecule is CCC1(c2ccccc2)NC(=O)N(CC(=O)Nc2ccc(F)cc2)C1=O. The molecule has 0 spiro atoms. The number of nitrogens with one attached hydrogen (secondary N) is 2. The highest BCUT2D eigenvalue weighted by Crippen LogP contribution is 2.32. The number of hydrogen-bond acceptors (Lipinski definition) is 3. The van der Waals surface area contributed by atoms with Crippen LogP contribution in [0.5, 0.6) is 0 Å². The molecular weight excluding hydrogens is 337 g/mol. The van der Waals surface area contributed by atoms with E-state index in [0.717, 1.165) is 4.90 Å². The lowest BCUT2D eigenvalue weighted by atomic mass is 9.87. The molecule has 0 bridgehead atoms. The molecule has 1 fully saturated rings. The molecule has 26 heavy (non-hydrogen) atoms. The Balaban J connectivity index is 1.76. The number of hydrogen-bond donors (Lipinski definition) is 2. The van der Waals surface area contributed by atoms with Gasteiger partial charge in [0.15, 0.2) is 0 Å². The Hall–Kier alpha value is -3.22. The fourth-order valence-corrected chi connectivity index (χ4v) is 3.01. The summed E-state index contributed by atoms with van der Waals surface area (Å²) in [4.78, 5) is 38.3. The fraction of sp³-hybridized carbons (Fsp3) is 0.211. The first-order valence-corrected chi connectivity index (χ1v) is 8.21. The summed E-state index contributed by atoms with van der Waals surface area (Å²) in [6.07, 6.45) is 0.359. The molecule has 0 saturated carbocycles. The van der Waals surface area contributed by atoms with E-state index >= 15 is 0 Å². The number of halogens is 1. The van der Waals surface area contributed by atoms with E-state index in [1.54, 1.807) is 31.2 Å². The van der Waals surface area contributed by atoms with Crippen LogP contribution in [0.4, 0.5) is 14.9 Å². The van der Waals surface area contributed by atoms with E-state index in [1.807, 2.05) is 6.07 Å². The smallest absolute Gasteiger partial charge is 0.325 e. The van der Waals surface area contributed by atoms with Crippen LogP contribution in [0.3, 0.4) is 0 Å². The van der Waals surface area contributed by atoms with Crippen LogP contribution in [0.1, 0.15) is 18.9 Å². The van der Waals surface area contributed by atoms with Crippen molar-refractivity contribution in [1.82, 2.24) is 10.2 Å². The monoisotopic (exact) mass is 355 g/mol. The van der Waals surface area contributed by atoms with Gasteiger partial charge in [-0.25, -0.2) is 9.18 Å². The molecule has 6 nitrogen and oxygen atoms in total. The predicted molar refractivity (Wildman–Crippen MR) is 93.7 cm³/mol. The zero-order chi connectivity index (χ0) is 18.7. The molecule has 0 aromatic heterocycles. The lowest BCUT2D eigenvalue weighted by Crippen LogP contribution is -2.44. The quantitative estimate of drug-likeness (QED) is 0.810. The number of carbonyl (C=O) groups is 3. The van der Waals surface area contributed by atoms with Crippen molar-refractivity contribution < 1.29 is 18.8 Å². The second-order valence-corrected chi connectivity index (χ2v) is 6.00. The van der Waals surface area contributed by atoms with Crippen LogP contribution in [0.2, 0.25) is 0 Å². The average molecular weight is 355 g/mol. The first-order chi connectivity index (χ1) is 12.5. The van der Waals surface area contributed by atoms with Crippen LogP contribution >= 0.6 is 0 Å². The van der Waals surface area contributed by atoms with Gasteiger partial charge in [-0.3, -0.25) is 14.5 Å². The molecule has 1 aliphatic rings. The fourth-order valence-electron chi connectivity index (χ4n) is 3.01. The van der Waals surface area contributed by atoms with E-state index in [9.17, 15) is 18.8 Å². The predicted octanol–water partition coefficient (Wildman–Crippen LogP) is 2.62. The molecule has 2 N–H and O–H groups in total. The summed E-state index contributed by atoms with van der Waals surface area (Å²) >= 11 is 0. The van der Waals surface area contributed by atoms with Gasteiger partial charge in [0, 0.05) is 5.69 Å². The maximum atomic E-state index is 12.9. The van der Waals surface area contributed by atoms with Crippen molar-refractivity contribution in [2.45, 2.75) is 18.9 Å². The lowest BCUT2D eigenvalue weighted by molar-refractivity contribution is -0.134. The second kappa shape index (κ2) is 6.95. The minimum absolute atomic E-state index is 0.359. The summed E-state index contributed by atoms with van der Waals surface area (Å²) in [5.74, 6) is -1.43. The summed E-state index contributed by atoms with van der Waals surface area (Å²) < 4.78 is 12.9. The van der Waals surface area contributed by atoms with Crippen LogP contribution in [0.15, 0.2) is 54.6 Å². The van der Waals surface area contributed by atoms with Crippen LogP contribution < -0.4 is 10.6 Å². The van der Waals surface area contributed by atoms with Gasteiger partial charge >= 0.3 is 6.03 Å². The average Bonchev–Trinajstić information content (AvgIpc) is 2.89. The molecule has 2 aromatic rings. The summed E-state index contributed by atoms with van der Waals surface area (Å²) in [7, 11) is 0. The number of imide groups is 1. The first kappa shape index (κ1) is 17.6. The molecule has 0 aliphatic carbocycles. The molecule has 1 unspecified atom stereocenters. The van der Waals surface area contributed by atoms with Gasteiger partial charge in [-0.15, -0.1) is 0 Å². The molecule has 1 aliphatic heterocycles. The molecule has 1 saturated heterocycles. The van der Waals surface area contributed by atoms with Crippen molar-refractivity contribution in [3.63, 3.8) is 0 Å². The minimum atomic E-state index is -1.17. The van der Waals surface area contributed by atoms with Gasteiger partial charge in [0.2, 0.25) is 5.91 Å². The third-order valence-corrected chi connectivity index (χ3v) is 4.40. The third-order valence-electron chi connectivity index (χ3n) is 4.40. The van der Waals surface area contributed by atoms with Gasteiger partial charge in [-0.2, -0.15) is 0 Å². The summed E-state index contributed by atoms with van der Waals surface area (Å²) in [6.45, 7) is 1.38. The van der Waals surface area contributed by atoms with Gasteiger partial charge < -0.3 is 10.6 Å². The molecule has 4 amide bonds. The highest BCUT2D eigenvalue weighted by atomic mass is 19.1. The van der Waals surface area contributed by atoms with Crippen molar-refractivity contribution in [1.29, 1.82) is 0 Å². The number of anilines is 1.